The van der Waals surface area contributed by atoms with Crippen LogP contribution in [0.25, 0.3) is 11.6 Å². The monoisotopic (exact) mass is 516 g/mol. The molecule has 0 aliphatic carbocycles. The van der Waals surface area contributed by atoms with Crippen LogP contribution in [0.3, 0.4) is 0 Å². The Morgan fingerprint density at radius 1 is 0.919 bits per heavy atom. The van der Waals surface area contributed by atoms with Gasteiger partial charge >= 0.3 is 5.97 Å². The largest absolute Gasteiger partial charge is 0.488 e. The number of piperazine rings is 1. The molecule has 37 heavy (non-hydrogen) atoms. The van der Waals surface area contributed by atoms with Crippen molar-refractivity contribution in [2.45, 2.75) is 6.61 Å². The van der Waals surface area contributed by atoms with Crippen molar-refractivity contribution in [2.75, 3.05) is 32.7 Å². The Morgan fingerprint density at radius 2 is 1.65 bits per heavy atom. The molecule has 0 amide bonds. The van der Waals surface area contributed by atoms with Gasteiger partial charge in [0.1, 0.15) is 12.4 Å². The number of hydrogen-bond acceptors (Lipinski definition) is 5. The number of benzene rings is 3. The van der Waals surface area contributed by atoms with E-state index in [2.05, 4.69) is 11.0 Å². The molecule has 8 heteroatoms. The highest BCUT2D eigenvalue weighted by Crippen LogP contribution is 2.37. The van der Waals surface area contributed by atoms with Gasteiger partial charge in [-0.25, -0.2) is 13.2 Å². The minimum atomic E-state index is -3.50. The number of rotatable bonds is 6. The predicted molar refractivity (Wildman–Crippen MR) is 144 cm³/mol. The molecule has 2 aliphatic rings. The molecular weight excluding hydrogens is 488 g/mol. The molecule has 1 saturated heterocycles. The lowest BCUT2D eigenvalue weighted by atomic mass is 9.93. The lowest BCUT2D eigenvalue weighted by Crippen LogP contribution is -2.48. The van der Waals surface area contributed by atoms with Crippen LogP contribution in [0.5, 0.6) is 5.75 Å². The van der Waals surface area contributed by atoms with E-state index in [4.69, 9.17) is 4.74 Å². The molecule has 3 aromatic carbocycles. The van der Waals surface area contributed by atoms with Crippen molar-refractivity contribution in [1.29, 1.82) is 0 Å². The average Bonchev–Trinajstić information content (AvgIpc) is 3.08. The van der Waals surface area contributed by atoms with Gasteiger partial charge in [-0.2, -0.15) is 4.31 Å². The Kier molecular flexibility index (Phi) is 7.23. The van der Waals surface area contributed by atoms with Crippen molar-refractivity contribution in [2.24, 2.45) is 0 Å². The molecule has 7 nitrogen and oxygen atoms in total. The van der Waals surface area contributed by atoms with Crippen LogP contribution in [0.1, 0.15) is 32.6 Å². The highest BCUT2D eigenvalue weighted by Gasteiger charge is 2.25. The molecule has 0 radical (unpaired) electrons. The summed E-state index contributed by atoms with van der Waals surface area (Å²) >= 11 is 0. The van der Waals surface area contributed by atoms with Gasteiger partial charge in [0.15, 0.2) is 0 Å². The number of carboxylic acids is 1. The Morgan fingerprint density at radius 3 is 2.41 bits per heavy atom. The van der Waals surface area contributed by atoms with Crippen molar-refractivity contribution in [3.8, 4) is 5.75 Å². The summed E-state index contributed by atoms with van der Waals surface area (Å²) in [7, 11) is -3.50. The third-order valence-electron chi connectivity index (χ3n) is 6.68. The van der Waals surface area contributed by atoms with Crippen LogP contribution in [0.15, 0.2) is 84.3 Å². The van der Waals surface area contributed by atoms with Crippen molar-refractivity contribution in [3.05, 3.63) is 112 Å². The summed E-state index contributed by atoms with van der Waals surface area (Å²) in [5.41, 5.74) is 4.76. The summed E-state index contributed by atoms with van der Waals surface area (Å²) in [6, 6.07) is 22.3. The highest BCUT2D eigenvalue weighted by atomic mass is 32.2. The summed E-state index contributed by atoms with van der Waals surface area (Å²) in [5, 5.41) is 10.8. The maximum Gasteiger partial charge on any atom is 0.335 e. The average molecular weight is 517 g/mol. The molecule has 0 saturated carbocycles. The smallest absolute Gasteiger partial charge is 0.335 e. The van der Waals surface area contributed by atoms with Gasteiger partial charge in [-0.15, -0.1) is 0 Å². The lowest BCUT2D eigenvalue weighted by Gasteiger charge is -2.32. The zero-order chi connectivity index (χ0) is 25.8. The van der Waals surface area contributed by atoms with E-state index in [0.29, 0.717) is 45.1 Å². The molecule has 2 aliphatic heterocycles. The third-order valence-corrected chi connectivity index (χ3v) is 8.25. The third kappa shape index (κ3) is 5.67. The highest BCUT2D eigenvalue weighted by molar-refractivity contribution is 7.92. The molecule has 190 valence electrons. The van der Waals surface area contributed by atoms with Gasteiger partial charge in [0.25, 0.3) is 0 Å². The maximum atomic E-state index is 12.8. The second-order valence-electron chi connectivity index (χ2n) is 9.04. The van der Waals surface area contributed by atoms with Gasteiger partial charge in [0.05, 0.1) is 5.56 Å². The lowest BCUT2D eigenvalue weighted by molar-refractivity contribution is 0.0696. The van der Waals surface area contributed by atoms with Crippen LogP contribution >= 0.6 is 0 Å². The Balaban J connectivity index is 1.33. The molecular formula is C29H28N2O5S. The maximum absolute atomic E-state index is 12.8. The first-order valence-corrected chi connectivity index (χ1v) is 13.7. The van der Waals surface area contributed by atoms with Crippen molar-refractivity contribution in [1.82, 2.24) is 9.21 Å². The van der Waals surface area contributed by atoms with Crippen LogP contribution in [-0.4, -0.2) is 61.4 Å². The van der Waals surface area contributed by atoms with E-state index in [1.54, 1.807) is 24.3 Å². The fourth-order valence-corrected chi connectivity index (χ4v) is 5.80. The summed E-state index contributed by atoms with van der Waals surface area (Å²) in [4.78, 5) is 13.8. The number of sulfonamides is 1. The number of ether oxygens (including phenoxy) is 1. The minimum Gasteiger partial charge on any atom is -0.488 e. The quantitative estimate of drug-likeness (QED) is 0.525. The fraction of sp³-hybridized carbons (Fsp3) is 0.207. The number of carbonyl (C=O) groups is 1. The van der Waals surface area contributed by atoms with Gasteiger partial charge in [0, 0.05) is 43.7 Å². The number of nitrogens with zero attached hydrogens (tertiary/aromatic N) is 2. The number of aromatic carboxylic acids is 1. The van der Waals surface area contributed by atoms with Crippen LogP contribution in [-0.2, 0) is 16.6 Å². The molecule has 3 aromatic rings. The SMILES string of the molecule is O=C(O)c1ccc2c(c1)/C(=C/CN1CCN(S(=O)(=O)/C=C/c3ccccc3)CC1)c1ccccc1CO2. The van der Waals surface area contributed by atoms with Gasteiger partial charge in [-0.1, -0.05) is 60.7 Å². The van der Waals surface area contributed by atoms with E-state index in [1.165, 1.54) is 9.71 Å². The molecule has 2 heterocycles. The molecule has 0 spiro atoms. The first-order chi connectivity index (χ1) is 17.9. The predicted octanol–water partition coefficient (Wildman–Crippen LogP) is 4.33. The van der Waals surface area contributed by atoms with Crippen LogP contribution in [0.4, 0.5) is 0 Å². The summed E-state index contributed by atoms with van der Waals surface area (Å²) < 4.78 is 33.2. The molecule has 1 fully saturated rings. The first-order valence-electron chi connectivity index (χ1n) is 12.2. The second kappa shape index (κ2) is 10.7. The van der Waals surface area contributed by atoms with Gasteiger partial charge in [0.2, 0.25) is 10.0 Å². The number of hydrogen-bond donors (Lipinski definition) is 1. The Hall–Kier alpha value is -3.72. The molecule has 5 rings (SSSR count). The molecule has 0 aromatic heterocycles. The van der Waals surface area contributed by atoms with E-state index in [1.807, 2.05) is 54.6 Å². The zero-order valence-corrected chi connectivity index (χ0v) is 21.1. The van der Waals surface area contributed by atoms with Crippen LogP contribution in [0.2, 0.25) is 0 Å². The van der Waals surface area contributed by atoms with E-state index < -0.39 is 16.0 Å². The van der Waals surface area contributed by atoms with E-state index in [-0.39, 0.29) is 5.56 Å². The number of fused-ring (bicyclic) bond motifs is 2. The van der Waals surface area contributed by atoms with E-state index in [9.17, 15) is 18.3 Å². The first kappa shape index (κ1) is 25.0. The van der Waals surface area contributed by atoms with E-state index in [0.717, 1.165) is 27.8 Å². The normalized spacial score (nSPS) is 17.7. The zero-order valence-electron chi connectivity index (χ0n) is 20.3. The summed E-state index contributed by atoms with van der Waals surface area (Å²) in [6.45, 7) is 3.02. The Labute approximate surface area is 217 Å². The topological polar surface area (TPSA) is 87.2 Å². The van der Waals surface area contributed by atoms with Crippen LogP contribution < -0.4 is 4.74 Å². The van der Waals surface area contributed by atoms with Gasteiger partial charge in [-0.3, -0.25) is 4.90 Å². The fourth-order valence-electron chi connectivity index (χ4n) is 4.63. The van der Waals surface area contributed by atoms with Crippen molar-refractivity contribution < 1.29 is 23.1 Å². The van der Waals surface area contributed by atoms with Gasteiger partial charge < -0.3 is 9.84 Å². The molecule has 0 unspecified atom stereocenters. The van der Waals surface area contributed by atoms with Crippen molar-refractivity contribution in [3.63, 3.8) is 0 Å². The van der Waals surface area contributed by atoms with Gasteiger partial charge in [-0.05, 0) is 46.5 Å². The minimum absolute atomic E-state index is 0.204. The van der Waals surface area contributed by atoms with Crippen LogP contribution in [0, 0.1) is 0 Å². The number of carboxylic acid groups (broad SMARTS) is 1. The molecule has 0 atom stereocenters. The Bertz CT molecular complexity index is 1460. The second-order valence-corrected chi connectivity index (χ2v) is 10.9. The molecule has 1 N–H and O–H groups in total. The summed E-state index contributed by atoms with van der Waals surface area (Å²) in [5.74, 6) is -0.341. The van der Waals surface area contributed by atoms with E-state index >= 15 is 0 Å². The summed E-state index contributed by atoms with van der Waals surface area (Å²) in [6.07, 6.45) is 3.72. The van der Waals surface area contributed by atoms with Crippen molar-refractivity contribution >= 4 is 27.6 Å². The molecule has 0 bridgehead atoms. The standard InChI is InChI=1S/C29H28N2O5S/c32-29(33)23-10-11-28-27(20-23)26(25-9-5-4-8-24(25)21-36-28)12-14-30-15-17-31(18-16-30)37(34,35)19-13-22-6-2-1-3-7-22/h1-13,19-20H,14-18,21H2,(H,32,33)/b19-13+,26-12+.